The number of hydrogen-bond acceptors (Lipinski definition) is 3. The Morgan fingerprint density at radius 3 is 2.59 bits per heavy atom. The van der Waals surface area contributed by atoms with Gasteiger partial charge in [-0.05, 0) is 55.0 Å². The standard InChI is InChI=1S/C25H23BrClN3O2/c26-19-12-10-18(11-13-19)25(31)28-15-14-24-29-21-7-2-3-8-22(21)30(24)16-5-17-32-23-9-4-1-6-20(23)27/h1-4,6-13H,5,14-17H2,(H,28,31). The molecule has 0 aliphatic heterocycles. The van der Waals surface area contributed by atoms with Crippen molar-refractivity contribution in [3.63, 3.8) is 0 Å². The van der Waals surface area contributed by atoms with E-state index >= 15 is 0 Å². The van der Waals surface area contributed by atoms with Crippen LogP contribution in [-0.2, 0) is 13.0 Å². The number of para-hydroxylation sites is 3. The summed E-state index contributed by atoms with van der Waals surface area (Å²) < 4.78 is 8.98. The first-order chi connectivity index (χ1) is 15.6. The van der Waals surface area contributed by atoms with Crippen LogP contribution in [-0.4, -0.2) is 28.6 Å². The summed E-state index contributed by atoms with van der Waals surface area (Å²) in [5.74, 6) is 1.55. The van der Waals surface area contributed by atoms with Crippen molar-refractivity contribution in [3.05, 3.63) is 93.7 Å². The summed E-state index contributed by atoms with van der Waals surface area (Å²) in [7, 11) is 0. The SMILES string of the molecule is O=C(NCCc1nc2ccccc2n1CCCOc1ccccc1Cl)c1ccc(Br)cc1. The predicted octanol–water partition coefficient (Wildman–Crippen LogP) is 5.89. The van der Waals surface area contributed by atoms with Crippen molar-refractivity contribution in [2.45, 2.75) is 19.4 Å². The zero-order chi connectivity index (χ0) is 22.3. The van der Waals surface area contributed by atoms with Gasteiger partial charge in [-0.2, -0.15) is 0 Å². The van der Waals surface area contributed by atoms with Crippen LogP contribution in [0.1, 0.15) is 22.6 Å². The van der Waals surface area contributed by atoms with Crippen molar-refractivity contribution in [3.8, 4) is 5.75 Å². The van der Waals surface area contributed by atoms with E-state index in [1.807, 2.05) is 54.6 Å². The maximum Gasteiger partial charge on any atom is 0.251 e. The van der Waals surface area contributed by atoms with Gasteiger partial charge >= 0.3 is 0 Å². The Kier molecular flexibility index (Phi) is 7.45. The normalized spacial score (nSPS) is 10.9. The molecule has 7 heteroatoms. The number of aromatic nitrogens is 2. The Morgan fingerprint density at radius 1 is 1.03 bits per heavy atom. The maximum absolute atomic E-state index is 12.4. The Hall–Kier alpha value is -2.83. The fourth-order valence-corrected chi connectivity index (χ4v) is 3.98. The molecule has 164 valence electrons. The van der Waals surface area contributed by atoms with Crippen LogP contribution in [0.2, 0.25) is 5.02 Å². The van der Waals surface area contributed by atoms with Crippen molar-refractivity contribution in [1.29, 1.82) is 0 Å². The third kappa shape index (κ3) is 5.50. The van der Waals surface area contributed by atoms with E-state index in [-0.39, 0.29) is 5.91 Å². The van der Waals surface area contributed by atoms with Crippen LogP contribution in [0.5, 0.6) is 5.75 Å². The maximum atomic E-state index is 12.4. The van der Waals surface area contributed by atoms with Gasteiger partial charge in [-0.1, -0.05) is 51.8 Å². The molecule has 0 aliphatic rings. The first kappa shape index (κ1) is 22.4. The molecule has 0 atom stereocenters. The molecule has 0 saturated carbocycles. The van der Waals surface area contributed by atoms with Crippen molar-refractivity contribution in [2.75, 3.05) is 13.2 Å². The Morgan fingerprint density at radius 2 is 1.78 bits per heavy atom. The number of nitrogens with zero attached hydrogens (tertiary/aromatic N) is 2. The molecular weight excluding hydrogens is 490 g/mol. The first-order valence-corrected chi connectivity index (χ1v) is 11.6. The number of nitrogens with one attached hydrogen (secondary N) is 1. The van der Waals surface area contributed by atoms with Gasteiger partial charge in [-0.3, -0.25) is 4.79 Å². The quantitative estimate of drug-likeness (QED) is 0.284. The highest BCUT2D eigenvalue weighted by Crippen LogP contribution is 2.23. The molecule has 0 fully saturated rings. The van der Waals surface area contributed by atoms with E-state index in [9.17, 15) is 4.79 Å². The lowest BCUT2D eigenvalue weighted by Gasteiger charge is -2.11. The van der Waals surface area contributed by atoms with E-state index in [4.69, 9.17) is 21.3 Å². The molecule has 3 aromatic carbocycles. The molecule has 0 unspecified atom stereocenters. The zero-order valence-electron chi connectivity index (χ0n) is 17.4. The fraction of sp³-hybridized carbons (Fsp3) is 0.200. The van der Waals surface area contributed by atoms with Crippen LogP contribution < -0.4 is 10.1 Å². The van der Waals surface area contributed by atoms with Crippen LogP contribution in [0.25, 0.3) is 11.0 Å². The average Bonchev–Trinajstić information content (AvgIpc) is 3.15. The predicted molar refractivity (Wildman–Crippen MR) is 131 cm³/mol. The van der Waals surface area contributed by atoms with Gasteiger partial charge in [-0.25, -0.2) is 4.98 Å². The third-order valence-corrected chi connectivity index (χ3v) is 5.94. The number of carbonyl (C=O) groups excluding carboxylic acids is 1. The van der Waals surface area contributed by atoms with Crippen LogP contribution in [0.4, 0.5) is 0 Å². The second kappa shape index (κ2) is 10.7. The number of ether oxygens (including phenoxy) is 1. The summed E-state index contributed by atoms with van der Waals surface area (Å²) in [6.45, 7) is 1.82. The molecule has 0 spiro atoms. The lowest BCUT2D eigenvalue weighted by molar-refractivity contribution is 0.0954. The van der Waals surface area contributed by atoms with Crippen molar-refractivity contribution < 1.29 is 9.53 Å². The molecule has 4 rings (SSSR count). The number of carbonyl (C=O) groups is 1. The fourth-order valence-electron chi connectivity index (χ4n) is 3.52. The van der Waals surface area contributed by atoms with Crippen LogP contribution in [0, 0.1) is 0 Å². The molecule has 1 amide bonds. The monoisotopic (exact) mass is 511 g/mol. The number of amides is 1. The summed E-state index contributed by atoms with van der Waals surface area (Å²) in [4.78, 5) is 17.2. The zero-order valence-corrected chi connectivity index (χ0v) is 19.8. The number of halogens is 2. The van der Waals surface area contributed by atoms with Gasteiger partial charge in [0.05, 0.1) is 22.7 Å². The van der Waals surface area contributed by atoms with E-state index in [1.165, 1.54) is 0 Å². The molecule has 1 N–H and O–H groups in total. The number of hydrogen-bond donors (Lipinski definition) is 1. The number of aryl methyl sites for hydroxylation is 1. The van der Waals surface area contributed by atoms with Crippen molar-refractivity contribution in [2.24, 2.45) is 0 Å². The number of rotatable bonds is 9. The smallest absolute Gasteiger partial charge is 0.251 e. The number of imidazole rings is 1. The molecule has 32 heavy (non-hydrogen) atoms. The minimum absolute atomic E-state index is 0.0895. The lowest BCUT2D eigenvalue weighted by atomic mass is 10.2. The van der Waals surface area contributed by atoms with Crippen LogP contribution in [0.15, 0.2) is 77.3 Å². The molecule has 1 aromatic heterocycles. The van der Waals surface area contributed by atoms with Gasteiger partial charge in [-0.15, -0.1) is 0 Å². The Bertz CT molecular complexity index is 1210. The van der Waals surface area contributed by atoms with Crippen molar-refractivity contribution in [1.82, 2.24) is 14.9 Å². The highest BCUT2D eigenvalue weighted by molar-refractivity contribution is 9.10. The molecule has 5 nitrogen and oxygen atoms in total. The molecule has 1 heterocycles. The van der Waals surface area contributed by atoms with E-state index < -0.39 is 0 Å². The van der Waals surface area contributed by atoms with Crippen LogP contribution >= 0.6 is 27.5 Å². The third-order valence-electron chi connectivity index (χ3n) is 5.09. The van der Waals surface area contributed by atoms with E-state index in [0.717, 1.165) is 34.3 Å². The van der Waals surface area contributed by atoms with Gasteiger partial charge in [0, 0.05) is 29.5 Å². The minimum Gasteiger partial charge on any atom is -0.492 e. The summed E-state index contributed by atoms with van der Waals surface area (Å²) in [5.41, 5.74) is 2.67. The Labute approximate surface area is 200 Å². The first-order valence-electron chi connectivity index (χ1n) is 10.5. The molecule has 4 aromatic rings. The Balaban J connectivity index is 1.38. The van der Waals surface area contributed by atoms with Gasteiger partial charge < -0.3 is 14.6 Å². The molecule has 0 bridgehead atoms. The van der Waals surface area contributed by atoms with E-state index in [0.29, 0.717) is 35.9 Å². The molecule has 0 radical (unpaired) electrons. The van der Waals surface area contributed by atoms with E-state index in [1.54, 1.807) is 12.1 Å². The molecule has 0 saturated heterocycles. The average molecular weight is 513 g/mol. The second-order valence-electron chi connectivity index (χ2n) is 7.31. The lowest BCUT2D eigenvalue weighted by Crippen LogP contribution is -2.26. The second-order valence-corrected chi connectivity index (χ2v) is 8.64. The topological polar surface area (TPSA) is 56.2 Å². The summed E-state index contributed by atoms with van der Waals surface area (Å²) in [5, 5.41) is 3.60. The highest BCUT2D eigenvalue weighted by atomic mass is 79.9. The largest absolute Gasteiger partial charge is 0.492 e. The van der Waals surface area contributed by atoms with Crippen LogP contribution in [0.3, 0.4) is 0 Å². The summed E-state index contributed by atoms with van der Waals surface area (Å²) in [6, 6.07) is 22.9. The summed E-state index contributed by atoms with van der Waals surface area (Å²) >= 11 is 9.55. The van der Waals surface area contributed by atoms with Gasteiger partial charge in [0.25, 0.3) is 5.91 Å². The molecule has 0 aliphatic carbocycles. The highest BCUT2D eigenvalue weighted by Gasteiger charge is 2.12. The number of benzene rings is 3. The summed E-state index contributed by atoms with van der Waals surface area (Å²) in [6.07, 6.45) is 1.45. The van der Waals surface area contributed by atoms with Gasteiger partial charge in [0.1, 0.15) is 11.6 Å². The van der Waals surface area contributed by atoms with Gasteiger partial charge in [0.2, 0.25) is 0 Å². The minimum atomic E-state index is -0.0895. The van der Waals surface area contributed by atoms with Gasteiger partial charge in [0.15, 0.2) is 0 Å². The van der Waals surface area contributed by atoms with Crippen molar-refractivity contribution >= 4 is 44.5 Å². The number of fused-ring (bicyclic) bond motifs is 1. The molecular formula is C25H23BrClN3O2. The van der Waals surface area contributed by atoms with E-state index in [2.05, 4.69) is 31.9 Å².